The molecule has 0 aliphatic rings. The molecule has 0 aromatic carbocycles. The predicted molar refractivity (Wildman–Crippen MR) is 81.7 cm³/mol. The molecule has 0 saturated heterocycles. The molecule has 0 rings (SSSR count). The van der Waals surface area contributed by atoms with Crippen molar-refractivity contribution in [2.75, 3.05) is 11.5 Å². The van der Waals surface area contributed by atoms with Crippen LogP contribution >= 0.6 is 20.1 Å². The van der Waals surface area contributed by atoms with Crippen LogP contribution in [0.25, 0.3) is 0 Å². The number of thiocyanates is 6. The zero-order valence-corrected chi connectivity index (χ0v) is 13.1. The molecule has 0 aromatic rings. The van der Waals surface area contributed by atoms with E-state index in [1.54, 1.807) is 0 Å². The second kappa shape index (κ2) is 9.53. The molecule has 0 saturated carbocycles. The molecule has 108 valence electrons. The van der Waals surface area contributed by atoms with Gasteiger partial charge in [-0.1, -0.05) is 19.3 Å². The topological polar surface area (TPSA) is 143 Å². The summed E-state index contributed by atoms with van der Waals surface area (Å²) in [6, 6.07) is 0. The number of hydrogen-bond donors (Lipinski definition) is 0. The van der Waals surface area contributed by atoms with Gasteiger partial charge in [-0.25, -0.2) is 0 Å². The summed E-state index contributed by atoms with van der Waals surface area (Å²) < 4.78 is 0. The summed E-state index contributed by atoms with van der Waals surface area (Å²) in [6.45, 7) is 0. The standard InChI is InChI=1S/C13H14N6S2/c14-8-20(9-15,10-16)6-4-2-1-3-5-7-21(11-17,12-18)13-19/h1-7H2. The van der Waals surface area contributed by atoms with Gasteiger partial charge in [0.05, 0.1) is 0 Å². The van der Waals surface area contributed by atoms with Gasteiger partial charge in [-0.3, -0.25) is 0 Å². The van der Waals surface area contributed by atoms with Crippen LogP contribution in [0, 0.1) is 64.0 Å². The van der Waals surface area contributed by atoms with E-state index in [-0.39, 0.29) is 0 Å². The molecule has 0 aliphatic carbocycles. The van der Waals surface area contributed by atoms with Crippen LogP contribution in [-0.4, -0.2) is 11.5 Å². The summed E-state index contributed by atoms with van der Waals surface area (Å²) >= 11 is 0. The van der Waals surface area contributed by atoms with Crippen molar-refractivity contribution in [1.82, 2.24) is 0 Å². The van der Waals surface area contributed by atoms with Crippen LogP contribution in [0.1, 0.15) is 32.1 Å². The highest BCUT2D eigenvalue weighted by atomic mass is 32.3. The smallest absolute Gasteiger partial charge is 0.140 e. The van der Waals surface area contributed by atoms with Gasteiger partial charge in [0, 0.05) is 31.6 Å². The highest BCUT2D eigenvalue weighted by molar-refractivity contribution is 8.44. The molecule has 0 N–H and O–H groups in total. The summed E-state index contributed by atoms with van der Waals surface area (Å²) in [7, 11) is -4.89. The van der Waals surface area contributed by atoms with Gasteiger partial charge in [0.2, 0.25) is 0 Å². The van der Waals surface area contributed by atoms with E-state index < -0.39 is 20.1 Å². The molecule has 0 spiro atoms. The maximum Gasteiger partial charge on any atom is 0.140 e. The Morgan fingerprint density at radius 3 is 0.905 bits per heavy atom. The first-order valence-electron chi connectivity index (χ1n) is 6.14. The highest BCUT2D eigenvalue weighted by Gasteiger charge is 2.23. The summed E-state index contributed by atoms with van der Waals surface area (Å²) in [6.07, 6.45) is 3.67. The van der Waals surface area contributed by atoms with E-state index >= 15 is 0 Å². The van der Waals surface area contributed by atoms with Gasteiger partial charge in [-0.05, 0) is 12.8 Å². The molecule has 0 aliphatic heterocycles. The van der Waals surface area contributed by atoms with Crippen molar-refractivity contribution < 1.29 is 0 Å². The minimum atomic E-state index is -2.45. The average molecular weight is 318 g/mol. The fraction of sp³-hybridized carbons (Fsp3) is 0.538. The van der Waals surface area contributed by atoms with Crippen LogP contribution in [0.5, 0.6) is 0 Å². The predicted octanol–water partition coefficient (Wildman–Crippen LogP) is 3.43. The van der Waals surface area contributed by atoms with Gasteiger partial charge in [0.1, 0.15) is 32.4 Å². The second-order valence-corrected chi connectivity index (χ2v) is 9.07. The van der Waals surface area contributed by atoms with Crippen LogP contribution in [0.2, 0.25) is 0 Å². The minimum absolute atomic E-state index is 0.306. The first kappa shape index (κ1) is 18.6. The fourth-order valence-corrected chi connectivity index (χ4v) is 3.63. The quantitative estimate of drug-likeness (QED) is 0.495. The van der Waals surface area contributed by atoms with Crippen molar-refractivity contribution in [2.45, 2.75) is 32.1 Å². The van der Waals surface area contributed by atoms with E-state index in [0.29, 0.717) is 24.3 Å². The molecule has 0 amide bonds. The lowest BCUT2D eigenvalue weighted by Gasteiger charge is -2.14. The van der Waals surface area contributed by atoms with Gasteiger partial charge in [-0.2, -0.15) is 31.6 Å². The zero-order chi connectivity index (χ0) is 16.2. The molecule has 0 bridgehead atoms. The van der Waals surface area contributed by atoms with Crippen molar-refractivity contribution in [2.24, 2.45) is 0 Å². The van der Waals surface area contributed by atoms with Crippen LogP contribution in [0.15, 0.2) is 0 Å². The maximum absolute atomic E-state index is 8.84. The average Bonchev–Trinajstić information content (AvgIpc) is 2.55. The largest absolute Gasteiger partial charge is 0.185 e. The summed E-state index contributed by atoms with van der Waals surface area (Å²) in [5.41, 5.74) is 0. The first-order valence-corrected chi connectivity index (χ1v) is 9.75. The van der Waals surface area contributed by atoms with Crippen molar-refractivity contribution in [3.63, 3.8) is 0 Å². The van der Waals surface area contributed by atoms with Crippen LogP contribution in [0.3, 0.4) is 0 Å². The molecule has 0 radical (unpaired) electrons. The van der Waals surface area contributed by atoms with Crippen LogP contribution < -0.4 is 0 Å². The molecular formula is C13H14N6S2. The third-order valence-electron chi connectivity index (χ3n) is 2.84. The Balaban J connectivity index is 3.98. The van der Waals surface area contributed by atoms with Crippen molar-refractivity contribution >= 4 is 20.1 Å². The monoisotopic (exact) mass is 318 g/mol. The molecule has 21 heavy (non-hydrogen) atoms. The minimum Gasteiger partial charge on any atom is -0.185 e. The van der Waals surface area contributed by atoms with Gasteiger partial charge < -0.3 is 0 Å². The lowest BCUT2D eigenvalue weighted by molar-refractivity contribution is 0.662. The second-order valence-electron chi connectivity index (χ2n) is 4.20. The molecule has 8 heteroatoms. The molecule has 0 atom stereocenters. The van der Waals surface area contributed by atoms with E-state index in [1.807, 2.05) is 32.4 Å². The SMILES string of the molecule is N#CS(C#N)(C#N)CCCCCCCS(C#N)(C#N)C#N. The fourth-order valence-electron chi connectivity index (χ4n) is 1.56. The molecule has 0 heterocycles. The Hall–Kier alpha value is -2.36. The Morgan fingerprint density at radius 1 is 0.429 bits per heavy atom. The number of hydrogen-bond acceptors (Lipinski definition) is 6. The number of unbranched alkanes of at least 4 members (excludes halogenated alkanes) is 4. The normalized spacial score (nSPS) is 11.5. The maximum atomic E-state index is 8.84. The van der Waals surface area contributed by atoms with Crippen molar-refractivity contribution in [3.05, 3.63) is 0 Å². The number of nitrogens with zero attached hydrogens (tertiary/aromatic N) is 6. The summed E-state index contributed by atoms with van der Waals surface area (Å²) in [5.74, 6) is 0.612. The molecule has 6 nitrogen and oxygen atoms in total. The first-order chi connectivity index (χ1) is 10.1. The number of rotatable bonds is 8. The van der Waals surface area contributed by atoms with Crippen LogP contribution in [0.4, 0.5) is 0 Å². The van der Waals surface area contributed by atoms with E-state index in [4.69, 9.17) is 31.6 Å². The Kier molecular flexibility index (Phi) is 8.46. The van der Waals surface area contributed by atoms with E-state index in [0.717, 1.165) is 19.3 Å². The van der Waals surface area contributed by atoms with E-state index in [2.05, 4.69) is 0 Å². The lowest BCUT2D eigenvalue weighted by atomic mass is 10.2. The number of nitriles is 6. The van der Waals surface area contributed by atoms with E-state index in [9.17, 15) is 0 Å². The van der Waals surface area contributed by atoms with Crippen LogP contribution in [-0.2, 0) is 0 Å². The third kappa shape index (κ3) is 5.65. The molecular weight excluding hydrogens is 304 g/mol. The van der Waals surface area contributed by atoms with Gasteiger partial charge >= 0.3 is 0 Å². The van der Waals surface area contributed by atoms with E-state index in [1.165, 1.54) is 0 Å². The zero-order valence-electron chi connectivity index (χ0n) is 11.4. The van der Waals surface area contributed by atoms with Crippen molar-refractivity contribution in [1.29, 1.82) is 31.6 Å². The Labute approximate surface area is 128 Å². The molecule has 0 fully saturated rings. The van der Waals surface area contributed by atoms with Gasteiger partial charge in [0.25, 0.3) is 0 Å². The lowest BCUT2D eigenvalue weighted by Crippen LogP contribution is -1.99. The van der Waals surface area contributed by atoms with Gasteiger partial charge in [0.15, 0.2) is 0 Å². The molecule has 0 unspecified atom stereocenters. The molecule has 0 aromatic heterocycles. The van der Waals surface area contributed by atoms with Crippen molar-refractivity contribution in [3.8, 4) is 32.4 Å². The van der Waals surface area contributed by atoms with Gasteiger partial charge in [-0.15, -0.1) is 0 Å². The summed E-state index contributed by atoms with van der Waals surface area (Å²) in [5, 5.41) is 63.9. The summed E-state index contributed by atoms with van der Waals surface area (Å²) in [4.78, 5) is 0. The Bertz CT molecular complexity index is 475. The Morgan fingerprint density at radius 2 is 0.667 bits per heavy atom. The third-order valence-corrected chi connectivity index (χ3v) is 6.51. The highest BCUT2D eigenvalue weighted by Crippen LogP contribution is 2.45.